The van der Waals surface area contributed by atoms with Crippen molar-refractivity contribution in [2.45, 2.75) is 104 Å². The van der Waals surface area contributed by atoms with Gasteiger partial charge in [0.15, 0.2) is 0 Å². The Morgan fingerprint density at radius 1 is 0.746 bits per heavy atom. The Bertz CT molecular complexity index is 2320. The molecule has 1 aliphatic carbocycles. The molecule has 318 valence electrons. The summed E-state index contributed by atoms with van der Waals surface area (Å²) in [7, 11) is -8.39. The Morgan fingerprint density at radius 2 is 1.34 bits per heavy atom. The average molecular weight is 865 g/mol. The topological polar surface area (TPSA) is 179 Å². The first-order chi connectivity index (χ1) is 27.4. The molecule has 0 saturated carbocycles. The van der Waals surface area contributed by atoms with E-state index in [0.717, 1.165) is 55.6 Å². The third-order valence-corrected chi connectivity index (χ3v) is 11.6. The van der Waals surface area contributed by atoms with Gasteiger partial charge in [-0.15, -0.1) is 0 Å². The van der Waals surface area contributed by atoms with Gasteiger partial charge in [0.05, 0.1) is 23.0 Å². The molecule has 0 atom stereocenters. The fourth-order valence-electron chi connectivity index (χ4n) is 6.82. The minimum absolute atomic E-state index is 0. The zero-order valence-corrected chi connectivity index (χ0v) is 39.2. The zero-order chi connectivity index (χ0) is 42.5. The van der Waals surface area contributed by atoms with E-state index >= 15 is 0 Å². The van der Waals surface area contributed by atoms with Crippen molar-refractivity contribution in [3.05, 3.63) is 87.3 Å². The molecule has 59 heavy (non-hydrogen) atoms. The van der Waals surface area contributed by atoms with E-state index in [0.29, 0.717) is 27.8 Å². The van der Waals surface area contributed by atoms with E-state index < -0.39 is 37.4 Å². The molecule has 0 saturated heterocycles. The van der Waals surface area contributed by atoms with Gasteiger partial charge in [-0.25, -0.2) is 9.37 Å². The Morgan fingerprint density at radius 3 is 1.90 bits per heavy atom. The summed E-state index contributed by atoms with van der Waals surface area (Å²) in [4.78, 5) is 15.6. The molecule has 2 aromatic rings. The molecule has 2 aliphatic rings. The van der Waals surface area contributed by atoms with Gasteiger partial charge in [0.25, 0.3) is 20.2 Å². The van der Waals surface area contributed by atoms with E-state index in [1.807, 2.05) is 63.2 Å². The summed E-state index contributed by atoms with van der Waals surface area (Å²) in [5, 5.41) is 12.3. The van der Waals surface area contributed by atoms with Crippen molar-refractivity contribution in [1.82, 2.24) is 4.58 Å². The van der Waals surface area contributed by atoms with Gasteiger partial charge in [-0.2, -0.15) is 16.8 Å². The van der Waals surface area contributed by atoms with Crippen molar-refractivity contribution in [1.29, 1.82) is 0 Å². The van der Waals surface area contributed by atoms with Crippen molar-refractivity contribution in [3.63, 3.8) is 0 Å². The van der Waals surface area contributed by atoms with Crippen LogP contribution in [0.2, 0.25) is 0 Å². The van der Waals surface area contributed by atoms with Gasteiger partial charge in [-0.3, -0.25) is 9.11 Å². The molecular weight excluding hydrogens is 804 g/mol. The molecule has 0 spiro atoms. The van der Waals surface area contributed by atoms with Crippen LogP contribution < -0.4 is 50.0 Å². The number of hydrogen-bond acceptors (Lipinski definition) is 9. The van der Waals surface area contributed by atoms with Gasteiger partial charge in [0.1, 0.15) is 41.5 Å². The largest absolute Gasteiger partial charge is 1.00 e. The van der Waals surface area contributed by atoms with Crippen LogP contribution >= 0.6 is 0 Å². The molecule has 1 aromatic heterocycles. The van der Waals surface area contributed by atoms with Gasteiger partial charge >= 0.3 is 35.2 Å². The first kappa shape index (κ1) is 50.1. The summed E-state index contributed by atoms with van der Waals surface area (Å²) < 4.78 is 78.0. The van der Waals surface area contributed by atoms with Crippen LogP contribution in [0.1, 0.15) is 116 Å². The molecule has 15 heteroatoms. The maximum atomic E-state index is 13.2. The van der Waals surface area contributed by atoms with Crippen molar-refractivity contribution >= 4 is 49.0 Å². The fraction of sp³-hybridized carbons (Fsp3) is 0.500. The van der Waals surface area contributed by atoms with Crippen LogP contribution in [0.5, 0.6) is 5.75 Å². The van der Waals surface area contributed by atoms with Gasteiger partial charge < -0.3 is 18.8 Å². The number of rotatable bonds is 22. The van der Waals surface area contributed by atoms with Gasteiger partial charge in [0, 0.05) is 54.7 Å². The number of nitrogens with zero attached hydrogens (tertiary/aromatic N) is 2. The molecule has 4 rings (SSSR count). The zero-order valence-electron chi connectivity index (χ0n) is 35.6. The van der Waals surface area contributed by atoms with Crippen LogP contribution in [0.4, 0.5) is 5.69 Å². The summed E-state index contributed by atoms with van der Waals surface area (Å²) in [6, 6.07) is 13.0. The van der Waals surface area contributed by atoms with E-state index in [4.69, 9.17) is 8.83 Å². The number of benzene rings is 2. The summed E-state index contributed by atoms with van der Waals surface area (Å²) in [5.41, 5.74) is 1.88. The monoisotopic (exact) mass is 864 g/mol. The van der Waals surface area contributed by atoms with Crippen molar-refractivity contribution in [2.75, 3.05) is 42.6 Å². The summed E-state index contributed by atoms with van der Waals surface area (Å²) in [6.45, 7) is 12.7. The summed E-state index contributed by atoms with van der Waals surface area (Å²) >= 11 is 0. The molecule has 3 N–H and O–H groups in total. The molecule has 0 amide bonds. The Kier molecular flexibility index (Phi) is 19.6. The second-order valence-corrected chi connectivity index (χ2v) is 19.1. The predicted molar refractivity (Wildman–Crippen MR) is 234 cm³/mol. The van der Waals surface area contributed by atoms with Gasteiger partial charge in [0.2, 0.25) is 5.36 Å². The number of hydrogen-bond donors (Lipinski definition) is 3. The van der Waals surface area contributed by atoms with Crippen LogP contribution in [0.15, 0.2) is 68.2 Å². The van der Waals surface area contributed by atoms with E-state index in [2.05, 4.69) is 18.7 Å². The molecule has 0 radical (unpaired) electrons. The predicted octanol–water partition coefficient (Wildman–Crippen LogP) is 5.52. The van der Waals surface area contributed by atoms with Crippen LogP contribution in [-0.4, -0.2) is 68.7 Å². The van der Waals surface area contributed by atoms with E-state index in [1.165, 1.54) is 31.8 Å². The second-order valence-electron chi connectivity index (χ2n) is 15.9. The Hall–Kier alpha value is -3.24. The smallest absolute Gasteiger partial charge is 0.506 e. The van der Waals surface area contributed by atoms with Crippen molar-refractivity contribution in [3.8, 4) is 17.1 Å². The number of unbranched alkanes of at least 4 members (excludes halogenated alkanes) is 6. The van der Waals surface area contributed by atoms with Gasteiger partial charge in [-0.1, -0.05) is 91.4 Å². The first-order valence-electron chi connectivity index (χ1n) is 20.4. The molecule has 0 unspecified atom stereocenters. The minimum Gasteiger partial charge on any atom is -0.506 e. The van der Waals surface area contributed by atoms with Gasteiger partial charge in [-0.05, 0) is 48.7 Å². The fourth-order valence-corrected chi connectivity index (χ4v) is 7.81. The number of anilines is 1. The van der Waals surface area contributed by atoms with Crippen LogP contribution in [0, 0.1) is 0 Å². The first-order valence-corrected chi connectivity index (χ1v) is 23.6. The second kappa shape index (κ2) is 23.1. The Balaban J connectivity index is 0.00000930. The molecule has 12 nitrogen and oxygen atoms in total. The number of aromatic hydroxyl groups is 1. The minimum atomic E-state index is -4.20. The normalized spacial score (nSPS) is 12.5. The van der Waals surface area contributed by atoms with Crippen molar-refractivity contribution < 1.29 is 69.4 Å². The molecular formula is C44H61N2NaO10S2+2. The molecule has 2 heterocycles. The Labute approximate surface area is 371 Å². The number of allylic oxidation sites excluding steroid dienone is 2. The SMILES string of the molecule is CCCCCCN(CCCCCC)c1ccc2c(O)c(C=CC=Cc3cc(C(C)(C)C)oc4cc(=[N+](CCCS(=O)(=O)O)CCCS(=O)(=O)O)ccc3-4)c(=O)oc2c1.[Na+]. The average Bonchev–Trinajstić information content (AvgIpc) is 3.14. The van der Waals surface area contributed by atoms with Crippen LogP contribution in [0.25, 0.3) is 34.4 Å². The standard InChI is InChI=1S/C44H60N2O10S2.Na/c1-6-8-10-14-24-45(25-15-11-9-7-2)35-21-23-37-40(32-35)56-43(48)38(42(37)47)19-13-12-18-33-30-41(44(3,4)5)55-39-31-34(20-22-36(33)39)46(26-16-28-57(49,50)51)27-17-29-58(52,53)54;/h12-13,18-23,30-32H,6-11,14-17,24-29H2,1-5H3,(H2,49,50,51,52,53,54);/q;+1/p+1. The molecule has 0 fully saturated rings. The van der Waals surface area contributed by atoms with E-state index in [1.54, 1.807) is 22.8 Å². The third-order valence-electron chi connectivity index (χ3n) is 10.0. The molecule has 1 aliphatic heterocycles. The molecule has 1 aromatic carbocycles. The summed E-state index contributed by atoms with van der Waals surface area (Å²) in [5.74, 6) is 0.124. The van der Waals surface area contributed by atoms with Crippen molar-refractivity contribution in [2.24, 2.45) is 0 Å². The maximum absolute atomic E-state index is 13.2. The quantitative estimate of drug-likeness (QED) is 0.0226. The van der Waals surface area contributed by atoms with E-state index in [-0.39, 0.29) is 72.2 Å². The summed E-state index contributed by atoms with van der Waals surface area (Å²) in [6.07, 6.45) is 16.2. The third kappa shape index (κ3) is 15.9. The number of fused-ring (bicyclic) bond motifs is 2. The van der Waals surface area contributed by atoms with Crippen LogP contribution in [-0.2, 0) is 25.7 Å². The maximum Gasteiger partial charge on any atom is 1.00 e. The van der Waals surface area contributed by atoms with Crippen LogP contribution in [0.3, 0.4) is 0 Å². The molecule has 0 bridgehead atoms. The van der Waals surface area contributed by atoms with E-state index in [9.17, 15) is 35.8 Å².